The lowest BCUT2D eigenvalue weighted by Gasteiger charge is -2.10. The van der Waals surface area contributed by atoms with Crippen molar-refractivity contribution in [2.45, 2.75) is 13.8 Å². The van der Waals surface area contributed by atoms with Crippen molar-refractivity contribution >= 4 is 11.6 Å². The van der Waals surface area contributed by atoms with E-state index in [0.717, 1.165) is 17.2 Å². The molecule has 2 aromatic rings. The minimum Gasteiger partial charge on any atom is -0.322 e. The standard InChI is InChI=1S/C15H13F2NO/c1-9-5-3-8-13(10(9)2)18-15(19)11-6-4-7-12(16)14(11)17/h3-8H,1-2H3,(H,18,19). The van der Waals surface area contributed by atoms with Gasteiger partial charge in [-0.05, 0) is 43.2 Å². The predicted molar refractivity (Wildman–Crippen MR) is 70.2 cm³/mol. The van der Waals surface area contributed by atoms with E-state index in [2.05, 4.69) is 5.32 Å². The van der Waals surface area contributed by atoms with Crippen molar-refractivity contribution in [2.24, 2.45) is 0 Å². The SMILES string of the molecule is Cc1cccc(NC(=O)c2cccc(F)c2F)c1C. The van der Waals surface area contributed by atoms with Crippen molar-refractivity contribution in [1.29, 1.82) is 0 Å². The number of benzene rings is 2. The van der Waals surface area contributed by atoms with Gasteiger partial charge in [0.1, 0.15) is 0 Å². The molecule has 2 aromatic carbocycles. The van der Waals surface area contributed by atoms with Crippen LogP contribution in [0.15, 0.2) is 36.4 Å². The van der Waals surface area contributed by atoms with E-state index < -0.39 is 17.5 Å². The molecule has 0 aliphatic heterocycles. The summed E-state index contributed by atoms with van der Waals surface area (Å²) in [4.78, 5) is 11.9. The third-order valence-electron chi connectivity index (χ3n) is 3.05. The van der Waals surface area contributed by atoms with Gasteiger partial charge < -0.3 is 5.32 Å². The summed E-state index contributed by atoms with van der Waals surface area (Å²) in [6, 6.07) is 8.95. The largest absolute Gasteiger partial charge is 0.322 e. The average Bonchev–Trinajstić information content (AvgIpc) is 2.38. The number of amides is 1. The fourth-order valence-corrected chi connectivity index (χ4v) is 1.76. The summed E-state index contributed by atoms with van der Waals surface area (Å²) < 4.78 is 26.6. The van der Waals surface area contributed by atoms with Crippen molar-refractivity contribution in [3.8, 4) is 0 Å². The van der Waals surface area contributed by atoms with Crippen molar-refractivity contribution < 1.29 is 13.6 Å². The quantitative estimate of drug-likeness (QED) is 0.874. The van der Waals surface area contributed by atoms with Gasteiger partial charge in [0.2, 0.25) is 0 Å². The molecule has 0 unspecified atom stereocenters. The minimum absolute atomic E-state index is 0.305. The number of rotatable bonds is 2. The Hall–Kier alpha value is -2.23. The molecule has 0 atom stereocenters. The first-order chi connectivity index (χ1) is 9.00. The molecule has 0 saturated carbocycles. The lowest BCUT2D eigenvalue weighted by Crippen LogP contribution is -2.15. The fraction of sp³-hybridized carbons (Fsp3) is 0.133. The third-order valence-corrected chi connectivity index (χ3v) is 3.05. The highest BCUT2D eigenvalue weighted by Crippen LogP contribution is 2.20. The van der Waals surface area contributed by atoms with Crippen LogP contribution in [0.4, 0.5) is 14.5 Å². The maximum absolute atomic E-state index is 13.5. The van der Waals surface area contributed by atoms with Gasteiger partial charge in [0.15, 0.2) is 11.6 Å². The normalized spacial score (nSPS) is 10.3. The Balaban J connectivity index is 2.31. The smallest absolute Gasteiger partial charge is 0.258 e. The maximum atomic E-state index is 13.5. The maximum Gasteiger partial charge on any atom is 0.258 e. The van der Waals surface area contributed by atoms with Gasteiger partial charge in [-0.2, -0.15) is 0 Å². The topological polar surface area (TPSA) is 29.1 Å². The molecule has 0 aromatic heterocycles. The molecule has 98 valence electrons. The van der Waals surface area contributed by atoms with E-state index in [-0.39, 0.29) is 5.56 Å². The second-order valence-electron chi connectivity index (χ2n) is 4.30. The predicted octanol–water partition coefficient (Wildman–Crippen LogP) is 3.83. The van der Waals surface area contributed by atoms with Crippen molar-refractivity contribution in [1.82, 2.24) is 0 Å². The summed E-state index contributed by atoms with van der Waals surface area (Å²) in [5, 5.41) is 2.59. The fourth-order valence-electron chi connectivity index (χ4n) is 1.76. The van der Waals surface area contributed by atoms with Gasteiger partial charge in [-0.1, -0.05) is 18.2 Å². The van der Waals surface area contributed by atoms with Crippen LogP contribution in [0, 0.1) is 25.5 Å². The molecule has 0 spiro atoms. The summed E-state index contributed by atoms with van der Waals surface area (Å²) in [6.07, 6.45) is 0. The highest BCUT2D eigenvalue weighted by Gasteiger charge is 2.15. The summed E-state index contributed by atoms with van der Waals surface area (Å²) >= 11 is 0. The zero-order chi connectivity index (χ0) is 14.0. The molecule has 1 N–H and O–H groups in total. The molecule has 19 heavy (non-hydrogen) atoms. The molecule has 0 heterocycles. The Bertz CT molecular complexity index is 638. The van der Waals surface area contributed by atoms with Crippen molar-refractivity contribution in [2.75, 3.05) is 5.32 Å². The minimum atomic E-state index is -1.13. The monoisotopic (exact) mass is 261 g/mol. The van der Waals surface area contributed by atoms with E-state index >= 15 is 0 Å². The Labute approximate surface area is 110 Å². The molecule has 4 heteroatoms. The van der Waals surface area contributed by atoms with Crippen molar-refractivity contribution in [3.63, 3.8) is 0 Å². The van der Waals surface area contributed by atoms with E-state index in [1.165, 1.54) is 12.1 Å². The zero-order valence-corrected chi connectivity index (χ0v) is 10.6. The molecule has 2 rings (SSSR count). The zero-order valence-electron chi connectivity index (χ0n) is 10.6. The van der Waals surface area contributed by atoms with Crippen LogP contribution < -0.4 is 5.32 Å². The van der Waals surface area contributed by atoms with Gasteiger partial charge in [-0.25, -0.2) is 8.78 Å². The first-order valence-electron chi connectivity index (χ1n) is 5.82. The Kier molecular flexibility index (Phi) is 3.60. The number of carbonyl (C=O) groups is 1. The molecule has 0 saturated heterocycles. The van der Waals surface area contributed by atoms with Gasteiger partial charge in [-0.15, -0.1) is 0 Å². The first kappa shape index (κ1) is 13.2. The van der Waals surface area contributed by atoms with Crippen molar-refractivity contribution in [3.05, 3.63) is 64.7 Å². The van der Waals surface area contributed by atoms with Crippen LogP contribution in [-0.2, 0) is 0 Å². The van der Waals surface area contributed by atoms with E-state index in [0.29, 0.717) is 5.69 Å². The van der Waals surface area contributed by atoms with Crippen LogP contribution >= 0.6 is 0 Å². The molecule has 0 fully saturated rings. The molecule has 0 bridgehead atoms. The van der Waals surface area contributed by atoms with E-state index in [9.17, 15) is 13.6 Å². The summed E-state index contributed by atoms with van der Waals surface area (Å²) in [7, 11) is 0. The number of anilines is 1. The van der Waals surface area contributed by atoms with E-state index in [4.69, 9.17) is 0 Å². The molecule has 0 aliphatic rings. The number of carbonyl (C=O) groups excluding carboxylic acids is 1. The van der Waals surface area contributed by atoms with Crippen LogP contribution in [0.5, 0.6) is 0 Å². The van der Waals surface area contributed by atoms with Gasteiger partial charge in [0.25, 0.3) is 5.91 Å². The Morgan fingerprint density at radius 3 is 2.47 bits per heavy atom. The first-order valence-corrected chi connectivity index (χ1v) is 5.82. The highest BCUT2D eigenvalue weighted by atomic mass is 19.2. The molecule has 2 nitrogen and oxygen atoms in total. The summed E-state index contributed by atoms with van der Waals surface area (Å²) in [5.41, 5.74) is 2.19. The van der Waals surface area contributed by atoms with Crippen LogP contribution in [0.1, 0.15) is 21.5 Å². The number of aryl methyl sites for hydroxylation is 1. The summed E-state index contributed by atoms with van der Waals surface area (Å²) in [6.45, 7) is 3.76. The third kappa shape index (κ3) is 2.62. The number of hydrogen-bond donors (Lipinski definition) is 1. The average molecular weight is 261 g/mol. The number of nitrogens with one attached hydrogen (secondary N) is 1. The van der Waals surface area contributed by atoms with Gasteiger partial charge in [0.05, 0.1) is 5.56 Å². The van der Waals surface area contributed by atoms with Gasteiger partial charge in [0, 0.05) is 5.69 Å². The molecule has 1 amide bonds. The second-order valence-corrected chi connectivity index (χ2v) is 4.30. The molecular weight excluding hydrogens is 248 g/mol. The van der Waals surface area contributed by atoms with Crippen LogP contribution in [0.25, 0.3) is 0 Å². The Morgan fingerprint density at radius 2 is 1.74 bits per heavy atom. The second kappa shape index (κ2) is 5.18. The number of halogens is 2. The Morgan fingerprint density at radius 1 is 1.05 bits per heavy atom. The molecule has 0 aliphatic carbocycles. The summed E-state index contributed by atoms with van der Waals surface area (Å²) in [5.74, 6) is -2.83. The lowest BCUT2D eigenvalue weighted by molar-refractivity contribution is 0.102. The van der Waals surface area contributed by atoms with Gasteiger partial charge >= 0.3 is 0 Å². The number of hydrogen-bond acceptors (Lipinski definition) is 1. The van der Waals surface area contributed by atoms with Crippen LogP contribution in [-0.4, -0.2) is 5.91 Å². The van der Waals surface area contributed by atoms with E-state index in [1.54, 1.807) is 12.1 Å². The lowest BCUT2D eigenvalue weighted by atomic mass is 10.1. The molecule has 0 radical (unpaired) electrons. The molecular formula is C15H13F2NO. The highest BCUT2D eigenvalue weighted by molar-refractivity contribution is 6.04. The van der Waals surface area contributed by atoms with E-state index in [1.807, 2.05) is 19.9 Å². The van der Waals surface area contributed by atoms with Crippen LogP contribution in [0.2, 0.25) is 0 Å². The van der Waals surface area contributed by atoms with Crippen LogP contribution in [0.3, 0.4) is 0 Å². The van der Waals surface area contributed by atoms with Gasteiger partial charge in [-0.3, -0.25) is 4.79 Å².